The summed E-state index contributed by atoms with van der Waals surface area (Å²) in [6.07, 6.45) is -0.890. The Kier molecular flexibility index (Phi) is 7.49. The van der Waals surface area contributed by atoms with Gasteiger partial charge in [-0.3, -0.25) is 0 Å². The first-order valence-electron chi connectivity index (χ1n) is 10.1. The zero-order valence-electron chi connectivity index (χ0n) is 17.4. The van der Waals surface area contributed by atoms with E-state index >= 15 is 0 Å². The molecule has 9 heteroatoms. The first-order chi connectivity index (χ1) is 15.4. The van der Waals surface area contributed by atoms with Crippen LogP contribution in [-0.4, -0.2) is 16.6 Å². The number of nitrogens with zero attached hydrogens (tertiary/aromatic N) is 3. The van der Waals surface area contributed by atoms with Crippen LogP contribution < -0.4 is 15.4 Å². The topological polar surface area (TPSA) is 82.9 Å². The molecule has 2 aromatic carbocycles. The summed E-state index contributed by atoms with van der Waals surface area (Å²) < 4.78 is 46.2. The number of halogens is 3. The van der Waals surface area contributed by atoms with E-state index in [4.69, 9.17) is 10.00 Å². The van der Waals surface area contributed by atoms with Crippen molar-refractivity contribution < 1.29 is 17.9 Å². The van der Waals surface area contributed by atoms with E-state index in [0.717, 1.165) is 25.5 Å². The minimum absolute atomic E-state index is 0.0165. The highest BCUT2D eigenvalue weighted by Gasteiger charge is 2.35. The maximum Gasteiger partial charge on any atom is 0.421 e. The lowest BCUT2D eigenvalue weighted by Gasteiger charge is -2.15. The van der Waals surface area contributed by atoms with E-state index in [1.807, 2.05) is 6.07 Å². The predicted molar refractivity (Wildman–Crippen MR) is 116 cm³/mol. The Morgan fingerprint density at radius 1 is 1.03 bits per heavy atom. The van der Waals surface area contributed by atoms with Crippen molar-refractivity contribution in [1.82, 2.24) is 9.97 Å². The zero-order chi connectivity index (χ0) is 23.0. The van der Waals surface area contributed by atoms with Gasteiger partial charge in [-0.1, -0.05) is 25.8 Å². The van der Waals surface area contributed by atoms with E-state index in [0.29, 0.717) is 29.3 Å². The molecule has 0 aliphatic rings. The van der Waals surface area contributed by atoms with Crippen molar-refractivity contribution in [2.24, 2.45) is 0 Å². The lowest BCUT2D eigenvalue weighted by Crippen LogP contribution is -2.12. The molecule has 0 saturated carbocycles. The van der Waals surface area contributed by atoms with Gasteiger partial charge in [0.1, 0.15) is 17.1 Å². The molecule has 0 bridgehead atoms. The molecule has 0 fully saturated rings. The van der Waals surface area contributed by atoms with Crippen molar-refractivity contribution in [2.45, 2.75) is 32.4 Å². The maximum absolute atomic E-state index is 13.5. The maximum atomic E-state index is 13.5. The van der Waals surface area contributed by atoms with Crippen molar-refractivity contribution in [3.8, 4) is 11.8 Å². The monoisotopic (exact) mass is 441 g/mol. The van der Waals surface area contributed by atoms with Crippen LogP contribution in [0.4, 0.5) is 36.3 Å². The van der Waals surface area contributed by atoms with Crippen molar-refractivity contribution in [3.05, 3.63) is 65.9 Å². The Bertz CT molecular complexity index is 1080. The fourth-order valence-corrected chi connectivity index (χ4v) is 2.84. The summed E-state index contributed by atoms with van der Waals surface area (Å²) in [5.74, 6) is 0.161. The summed E-state index contributed by atoms with van der Waals surface area (Å²) >= 11 is 0. The lowest BCUT2D eigenvalue weighted by molar-refractivity contribution is -0.137. The quantitative estimate of drug-likeness (QED) is 0.373. The summed E-state index contributed by atoms with van der Waals surface area (Å²) in [6, 6.07) is 15.1. The van der Waals surface area contributed by atoms with Crippen molar-refractivity contribution in [2.75, 3.05) is 17.2 Å². The van der Waals surface area contributed by atoms with Crippen LogP contribution in [0.5, 0.6) is 5.75 Å². The number of unbranched alkanes of at least 4 members (excludes halogenated alkanes) is 2. The summed E-state index contributed by atoms with van der Waals surface area (Å²) in [4.78, 5) is 7.82. The van der Waals surface area contributed by atoms with E-state index < -0.39 is 11.7 Å². The first-order valence-corrected chi connectivity index (χ1v) is 10.1. The van der Waals surface area contributed by atoms with Crippen LogP contribution in [0, 0.1) is 11.3 Å². The molecule has 3 rings (SSSR count). The average Bonchev–Trinajstić information content (AvgIpc) is 2.77. The Morgan fingerprint density at radius 2 is 1.81 bits per heavy atom. The average molecular weight is 441 g/mol. The summed E-state index contributed by atoms with van der Waals surface area (Å²) in [6.45, 7) is 2.63. The highest BCUT2D eigenvalue weighted by atomic mass is 19.4. The van der Waals surface area contributed by atoms with E-state index in [2.05, 4.69) is 27.5 Å². The number of anilines is 4. The molecule has 0 spiro atoms. The third-order valence-electron chi connectivity index (χ3n) is 4.48. The fraction of sp³-hybridized carbons (Fsp3) is 0.261. The molecule has 6 nitrogen and oxygen atoms in total. The second-order valence-electron chi connectivity index (χ2n) is 6.98. The van der Waals surface area contributed by atoms with Gasteiger partial charge in [0, 0.05) is 23.6 Å². The minimum atomic E-state index is -4.64. The molecular weight excluding hydrogens is 419 g/mol. The van der Waals surface area contributed by atoms with E-state index in [1.165, 1.54) is 0 Å². The number of hydrogen-bond acceptors (Lipinski definition) is 6. The summed E-state index contributed by atoms with van der Waals surface area (Å²) in [7, 11) is 0. The molecule has 0 radical (unpaired) electrons. The number of nitrogens with one attached hydrogen (secondary N) is 2. The van der Waals surface area contributed by atoms with E-state index in [9.17, 15) is 13.2 Å². The second kappa shape index (κ2) is 10.5. The highest BCUT2D eigenvalue weighted by Crippen LogP contribution is 2.35. The van der Waals surface area contributed by atoms with Gasteiger partial charge >= 0.3 is 6.18 Å². The molecule has 0 aliphatic carbocycles. The van der Waals surface area contributed by atoms with Gasteiger partial charge in [0.05, 0.1) is 18.2 Å². The van der Waals surface area contributed by atoms with Gasteiger partial charge in [-0.15, -0.1) is 0 Å². The Balaban J connectivity index is 1.82. The molecule has 0 atom stereocenters. The molecular formula is C23H22F3N5O. The minimum Gasteiger partial charge on any atom is -0.494 e. The summed E-state index contributed by atoms with van der Waals surface area (Å²) in [5, 5.41) is 14.5. The number of hydrogen-bond donors (Lipinski definition) is 2. The largest absolute Gasteiger partial charge is 0.494 e. The van der Waals surface area contributed by atoms with Gasteiger partial charge in [-0.05, 0) is 42.8 Å². The van der Waals surface area contributed by atoms with Crippen LogP contribution in [0.15, 0.2) is 54.7 Å². The first kappa shape index (κ1) is 22.9. The van der Waals surface area contributed by atoms with Crippen LogP contribution in [0.3, 0.4) is 0 Å². The van der Waals surface area contributed by atoms with Crippen LogP contribution in [-0.2, 0) is 6.18 Å². The van der Waals surface area contributed by atoms with Gasteiger partial charge in [-0.2, -0.15) is 23.4 Å². The Morgan fingerprint density at radius 3 is 2.50 bits per heavy atom. The number of benzene rings is 2. The van der Waals surface area contributed by atoms with Crippen LogP contribution in [0.1, 0.15) is 37.3 Å². The molecule has 1 heterocycles. The summed E-state index contributed by atoms with van der Waals surface area (Å²) in [5.41, 5.74) is 0.420. The highest BCUT2D eigenvalue weighted by molar-refractivity contribution is 5.64. The third-order valence-corrected chi connectivity index (χ3v) is 4.48. The molecule has 166 valence electrons. The van der Waals surface area contributed by atoms with Crippen LogP contribution >= 0.6 is 0 Å². The Labute approximate surface area is 184 Å². The standard InChI is InChI=1S/C23H22F3N5O/c1-2-3-4-12-32-19-7-5-6-18(13-19)29-21-20(23(24,25)26)15-28-22(31-21)30-17-10-8-16(14-27)9-11-17/h5-11,13,15H,2-4,12H2,1H3,(H2,28,29,30,31). The second-order valence-corrected chi connectivity index (χ2v) is 6.98. The van der Waals surface area contributed by atoms with Gasteiger partial charge in [0.2, 0.25) is 5.95 Å². The fourth-order valence-electron chi connectivity index (χ4n) is 2.84. The molecule has 32 heavy (non-hydrogen) atoms. The smallest absolute Gasteiger partial charge is 0.421 e. The SMILES string of the molecule is CCCCCOc1cccc(Nc2nc(Nc3ccc(C#N)cc3)ncc2C(F)(F)F)c1. The predicted octanol–water partition coefficient (Wildman–Crippen LogP) is 6.42. The molecule has 0 unspecified atom stereocenters. The molecule has 0 aliphatic heterocycles. The van der Waals surface area contributed by atoms with Crippen LogP contribution in [0.25, 0.3) is 0 Å². The Hall–Kier alpha value is -3.80. The molecule has 2 N–H and O–H groups in total. The number of aromatic nitrogens is 2. The molecule has 0 amide bonds. The third kappa shape index (κ3) is 6.35. The van der Waals surface area contributed by atoms with Gasteiger partial charge in [-0.25, -0.2) is 4.98 Å². The number of nitriles is 1. The molecule has 1 aromatic heterocycles. The number of ether oxygens (including phenoxy) is 1. The van der Waals surface area contributed by atoms with Crippen LogP contribution in [0.2, 0.25) is 0 Å². The normalized spacial score (nSPS) is 11.0. The zero-order valence-corrected chi connectivity index (χ0v) is 17.4. The lowest BCUT2D eigenvalue weighted by atomic mass is 10.2. The van der Waals surface area contributed by atoms with Gasteiger partial charge in [0.25, 0.3) is 0 Å². The molecule has 0 saturated heterocycles. The van der Waals surface area contributed by atoms with Crippen molar-refractivity contribution in [3.63, 3.8) is 0 Å². The van der Waals surface area contributed by atoms with Crippen molar-refractivity contribution in [1.29, 1.82) is 5.26 Å². The van der Waals surface area contributed by atoms with Gasteiger partial charge in [0.15, 0.2) is 0 Å². The van der Waals surface area contributed by atoms with E-state index in [1.54, 1.807) is 48.5 Å². The van der Waals surface area contributed by atoms with E-state index in [-0.39, 0.29) is 11.8 Å². The molecule has 3 aromatic rings. The van der Waals surface area contributed by atoms with Gasteiger partial charge < -0.3 is 15.4 Å². The van der Waals surface area contributed by atoms with Crippen molar-refractivity contribution >= 4 is 23.1 Å². The number of alkyl halides is 3. The number of rotatable bonds is 9.